The molecule has 1 aromatic carbocycles. The Balaban J connectivity index is 2.47. The van der Waals surface area contributed by atoms with Crippen LogP contribution < -0.4 is 0 Å². The molecule has 4 nitrogen and oxygen atoms in total. The summed E-state index contributed by atoms with van der Waals surface area (Å²) in [5.74, 6) is -0.566. The fourth-order valence-electron chi connectivity index (χ4n) is 1.77. The Bertz CT molecular complexity index is 481. The van der Waals surface area contributed by atoms with Gasteiger partial charge in [0.1, 0.15) is 6.04 Å². The molecule has 0 saturated heterocycles. The number of carbonyl (C=O) groups is 2. The number of hydrogen-bond donors (Lipinski definition) is 1. The third kappa shape index (κ3) is 4.72. The van der Waals surface area contributed by atoms with Gasteiger partial charge in [0.2, 0.25) is 5.91 Å². The summed E-state index contributed by atoms with van der Waals surface area (Å²) in [6.07, 6.45) is 0.686. The molecular formula is C14H18ClNO3S. The lowest BCUT2D eigenvalue weighted by Crippen LogP contribution is -2.42. The predicted octanol–water partition coefficient (Wildman–Crippen LogP) is 3.14. The Morgan fingerprint density at radius 2 is 2.05 bits per heavy atom. The minimum absolute atomic E-state index is 0.168. The summed E-state index contributed by atoms with van der Waals surface area (Å²) in [5.41, 5.74) is 0. The number of carbonyl (C=O) groups excluding carboxylic acids is 1. The molecule has 0 heterocycles. The van der Waals surface area contributed by atoms with Crippen LogP contribution in [0.5, 0.6) is 0 Å². The van der Waals surface area contributed by atoms with Gasteiger partial charge >= 0.3 is 5.97 Å². The average molecular weight is 316 g/mol. The van der Waals surface area contributed by atoms with Crippen LogP contribution in [0.2, 0.25) is 5.02 Å². The summed E-state index contributed by atoms with van der Waals surface area (Å²) in [7, 11) is 1.53. The van der Waals surface area contributed by atoms with E-state index < -0.39 is 12.0 Å². The molecule has 1 unspecified atom stereocenters. The molecule has 1 atom stereocenters. The van der Waals surface area contributed by atoms with Gasteiger partial charge in [0, 0.05) is 24.1 Å². The van der Waals surface area contributed by atoms with Gasteiger partial charge in [-0.1, -0.05) is 30.7 Å². The van der Waals surface area contributed by atoms with Crippen molar-refractivity contribution in [2.45, 2.75) is 30.7 Å². The molecule has 1 rings (SSSR count). The SMILES string of the molecule is CCC(C(=O)O)N(C)C(=O)CCSc1ccccc1Cl. The van der Waals surface area contributed by atoms with E-state index in [9.17, 15) is 9.59 Å². The number of carboxylic acids is 1. The maximum absolute atomic E-state index is 11.9. The number of likely N-dealkylation sites (N-methyl/N-ethyl adjacent to an activating group) is 1. The first-order valence-corrected chi connectivity index (χ1v) is 7.69. The summed E-state index contributed by atoms with van der Waals surface area (Å²) in [5, 5.41) is 9.68. The van der Waals surface area contributed by atoms with Crippen LogP contribution in [0.15, 0.2) is 29.2 Å². The summed E-state index contributed by atoms with van der Waals surface area (Å²) in [4.78, 5) is 25.2. The molecule has 0 bridgehead atoms. The van der Waals surface area contributed by atoms with Gasteiger partial charge in [0.05, 0.1) is 5.02 Å². The molecular weight excluding hydrogens is 298 g/mol. The van der Waals surface area contributed by atoms with Crippen LogP contribution >= 0.6 is 23.4 Å². The molecule has 1 aromatic rings. The fraction of sp³-hybridized carbons (Fsp3) is 0.429. The maximum Gasteiger partial charge on any atom is 0.326 e. The number of halogens is 1. The van der Waals surface area contributed by atoms with Gasteiger partial charge in [-0.15, -0.1) is 11.8 Å². The first-order valence-electron chi connectivity index (χ1n) is 6.33. The van der Waals surface area contributed by atoms with Gasteiger partial charge in [-0.3, -0.25) is 4.79 Å². The van der Waals surface area contributed by atoms with Crippen LogP contribution in [0.1, 0.15) is 19.8 Å². The zero-order valence-electron chi connectivity index (χ0n) is 11.5. The number of nitrogens with zero attached hydrogens (tertiary/aromatic N) is 1. The van der Waals surface area contributed by atoms with Crippen LogP contribution in [0.3, 0.4) is 0 Å². The number of benzene rings is 1. The van der Waals surface area contributed by atoms with E-state index >= 15 is 0 Å². The number of rotatable bonds is 7. The van der Waals surface area contributed by atoms with Crippen molar-refractivity contribution in [3.63, 3.8) is 0 Å². The Morgan fingerprint density at radius 3 is 2.60 bits per heavy atom. The lowest BCUT2D eigenvalue weighted by Gasteiger charge is -2.23. The Labute approximate surface area is 128 Å². The molecule has 0 radical (unpaired) electrons. The molecule has 1 N–H and O–H groups in total. The van der Waals surface area contributed by atoms with Crippen LogP contribution in [0, 0.1) is 0 Å². The van der Waals surface area contributed by atoms with Gasteiger partial charge in [0.15, 0.2) is 0 Å². The lowest BCUT2D eigenvalue weighted by molar-refractivity contribution is -0.149. The molecule has 0 fully saturated rings. The van der Waals surface area contributed by atoms with Gasteiger partial charge in [-0.05, 0) is 18.6 Å². The largest absolute Gasteiger partial charge is 0.480 e. The lowest BCUT2D eigenvalue weighted by atomic mass is 10.2. The van der Waals surface area contributed by atoms with E-state index in [0.717, 1.165) is 4.90 Å². The number of thioether (sulfide) groups is 1. The first-order chi connectivity index (χ1) is 9.47. The zero-order valence-corrected chi connectivity index (χ0v) is 13.1. The molecule has 6 heteroatoms. The van der Waals surface area contributed by atoms with Crippen LogP contribution in [0.25, 0.3) is 0 Å². The van der Waals surface area contributed by atoms with E-state index in [4.69, 9.17) is 16.7 Å². The molecule has 0 aromatic heterocycles. The van der Waals surface area contributed by atoms with E-state index in [1.165, 1.54) is 23.7 Å². The molecule has 20 heavy (non-hydrogen) atoms. The molecule has 0 aliphatic rings. The van der Waals surface area contributed by atoms with E-state index in [-0.39, 0.29) is 12.3 Å². The highest BCUT2D eigenvalue weighted by Crippen LogP contribution is 2.27. The number of hydrogen-bond acceptors (Lipinski definition) is 3. The highest BCUT2D eigenvalue weighted by molar-refractivity contribution is 7.99. The van der Waals surface area contributed by atoms with Crippen molar-refractivity contribution in [2.24, 2.45) is 0 Å². The normalized spacial score (nSPS) is 11.9. The summed E-state index contributed by atoms with van der Waals surface area (Å²) in [6, 6.07) is 6.68. The number of amides is 1. The van der Waals surface area contributed by atoms with Crippen LogP contribution in [-0.4, -0.2) is 40.7 Å². The summed E-state index contributed by atoms with van der Waals surface area (Å²) >= 11 is 7.52. The van der Waals surface area contributed by atoms with Gasteiger partial charge < -0.3 is 10.0 Å². The third-order valence-corrected chi connectivity index (χ3v) is 4.46. The minimum Gasteiger partial charge on any atom is -0.480 e. The average Bonchev–Trinajstić information content (AvgIpc) is 2.41. The van der Waals surface area contributed by atoms with Gasteiger partial charge in [-0.2, -0.15) is 0 Å². The van der Waals surface area contributed by atoms with Crippen LogP contribution in [-0.2, 0) is 9.59 Å². The van der Waals surface area contributed by atoms with E-state index in [2.05, 4.69) is 0 Å². The molecule has 1 amide bonds. The van der Waals surface area contributed by atoms with Crippen molar-refractivity contribution < 1.29 is 14.7 Å². The summed E-state index contributed by atoms with van der Waals surface area (Å²) < 4.78 is 0. The van der Waals surface area contributed by atoms with Crippen molar-refractivity contribution in [1.29, 1.82) is 0 Å². The standard InChI is InChI=1S/C14H18ClNO3S/c1-3-11(14(18)19)16(2)13(17)8-9-20-12-7-5-4-6-10(12)15/h4-7,11H,3,8-9H2,1-2H3,(H,18,19). The Morgan fingerprint density at radius 1 is 1.40 bits per heavy atom. The summed E-state index contributed by atoms with van der Waals surface area (Å²) in [6.45, 7) is 1.75. The molecule has 0 spiro atoms. The minimum atomic E-state index is -0.970. The van der Waals surface area contributed by atoms with E-state index in [1.807, 2.05) is 18.2 Å². The number of carboxylic acid groups (broad SMARTS) is 1. The first kappa shape index (κ1) is 16.9. The number of aliphatic carboxylic acids is 1. The molecule has 110 valence electrons. The zero-order chi connectivity index (χ0) is 15.1. The Kier molecular flexibility index (Phi) is 6.88. The van der Waals surface area contributed by atoms with E-state index in [1.54, 1.807) is 13.0 Å². The predicted molar refractivity (Wildman–Crippen MR) is 81.3 cm³/mol. The maximum atomic E-state index is 11.9. The monoisotopic (exact) mass is 315 g/mol. The second-order valence-corrected chi connectivity index (χ2v) is 5.84. The topological polar surface area (TPSA) is 57.6 Å². The second kappa shape index (κ2) is 8.17. The fourth-order valence-corrected chi connectivity index (χ4v) is 2.95. The van der Waals surface area contributed by atoms with Crippen molar-refractivity contribution in [2.75, 3.05) is 12.8 Å². The van der Waals surface area contributed by atoms with E-state index in [0.29, 0.717) is 17.2 Å². The second-order valence-electron chi connectivity index (χ2n) is 4.30. The van der Waals surface area contributed by atoms with Crippen molar-refractivity contribution in [3.05, 3.63) is 29.3 Å². The van der Waals surface area contributed by atoms with Crippen molar-refractivity contribution in [1.82, 2.24) is 4.90 Å². The highest BCUT2D eigenvalue weighted by atomic mass is 35.5. The smallest absolute Gasteiger partial charge is 0.326 e. The quantitative estimate of drug-likeness (QED) is 0.785. The highest BCUT2D eigenvalue weighted by Gasteiger charge is 2.24. The van der Waals surface area contributed by atoms with Gasteiger partial charge in [0.25, 0.3) is 0 Å². The molecule has 0 saturated carbocycles. The third-order valence-electron chi connectivity index (χ3n) is 2.94. The molecule has 0 aliphatic heterocycles. The van der Waals surface area contributed by atoms with Crippen molar-refractivity contribution in [3.8, 4) is 0 Å². The van der Waals surface area contributed by atoms with Crippen molar-refractivity contribution >= 4 is 35.2 Å². The van der Waals surface area contributed by atoms with Gasteiger partial charge in [-0.25, -0.2) is 4.79 Å². The molecule has 0 aliphatic carbocycles. The Hall–Kier alpha value is -1.20. The van der Waals surface area contributed by atoms with Crippen LogP contribution in [0.4, 0.5) is 0 Å².